The fraction of sp³-hybridized carbons (Fsp3) is 0.150. The van der Waals surface area contributed by atoms with Crippen molar-refractivity contribution in [3.63, 3.8) is 0 Å². The molecule has 0 saturated carbocycles. The Bertz CT molecular complexity index is 1070. The third-order valence-electron chi connectivity index (χ3n) is 4.17. The fourth-order valence-corrected chi connectivity index (χ4v) is 2.83. The molecule has 2 aromatic carbocycles. The van der Waals surface area contributed by atoms with E-state index in [-0.39, 0.29) is 16.9 Å². The van der Waals surface area contributed by atoms with E-state index in [1.165, 1.54) is 6.07 Å². The second kappa shape index (κ2) is 7.33. The van der Waals surface area contributed by atoms with Crippen LogP contribution in [0, 0.1) is 6.92 Å². The molecule has 0 bridgehead atoms. The molecule has 3 rings (SSSR count). The van der Waals surface area contributed by atoms with Gasteiger partial charge in [-0.1, -0.05) is 30.3 Å². The van der Waals surface area contributed by atoms with Gasteiger partial charge in [-0.15, -0.1) is 0 Å². The van der Waals surface area contributed by atoms with Crippen molar-refractivity contribution in [2.75, 3.05) is 0 Å². The molecule has 0 amide bonds. The van der Waals surface area contributed by atoms with E-state index in [9.17, 15) is 19.5 Å². The Morgan fingerprint density at radius 3 is 2.44 bits per heavy atom. The minimum atomic E-state index is -1.22. The van der Waals surface area contributed by atoms with Gasteiger partial charge in [0.2, 0.25) is 6.10 Å². The lowest BCUT2D eigenvalue weighted by atomic mass is 10.0. The first-order chi connectivity index (χ1) is 12.9. The van der Waals surface area contributed by atoms with Gasteiger partial charge in [0.1, 0.15) is 11.3 Å². The minimum Gasteiger partial charge on any atom is -0.481 e. The number of benzene rings is 2. The number of rotatable bonds is 6. The van der Waals surface area contributed by atoms with E-state index in [0.717, 1.165) is 0 Å². The number of aryl methyl sites for hydroxylation is 1. The lowest BCUT2D eigenvalue weighted by molar-refractivity contribution is -0.145. The topological polar surface area (TPSA) is 114 Å². The average Bonchev–Trinajstić information content (AvgIpc) is 2.63. The van der Waals surface area contributed by atoms with Gasteiger partial charge in [0.15, 0.2) is 0 Å². The van der Waals surface area contributed by atoms with Crippen LogP contribution in [0.5, 0.6) is 5.75 Å². The van der Waals surface area contributed by atoms with Gasteiger partial charge >= 0.3 is 17.6 Å². The van der Waals surface area contributed by atoms with Gasteiger partial charge in [-0.05, 0) is 24.6 Å². The van der Waals surface area contributed by atoms with Crippen LogP contribution in [0.25, 0.3) is 11.0 Å². The largest absolute Gasteiger partial charge is 0.481 e. The zero-order valence-corrected chi connectivity index (χ0v) is 14.3. The lowest BCUT2D eigenvalue weighted by Gasteiger charge is -2.16. The fourth-order valence-electron chi connectivity index (χ4n) is 2.83. The second-order valence-electron chi connectivity index (χ2n) is 5.97. The van der Waals surface area contributed by atoms with Gasteiger partial charge in [-0.2, -0.15) is 0 Å². The van der Waals surface area contributed by atoms with E-state index in [1.807, 2.05) is 0 Å². The molecule has 0 spiro atoms. The number of fused-ring (bicyclic) bond motifs is 1. The predicted octanol–water partition coefficient (Wildman–Crippen LogP) is 2.93. The molecular weight excluding hydrogens is 352 g/mol. The summed E-state index contributed by atoms with van der Waals surface area (Å²) in [4.78, 5) is 34.6. The highest BCUT2D eigenvalue weighted by atomic mass is 16.5. The summed E-state index contributed by atoms with van der Waals surface area (Å²) < 4.78 is 10.8. The molecule has 0 aliphatic rings. The Labute approximate surface area is 153 Å². The molecule has 138 valence electrons. The Kier molecular flexibility index (Phi) is 4.94. The molecule has 1 heterocycles. The van der Waals surface area contributed by atoms with Gasteiger partial charge in [-0.3, -0.25) is 4.79 Å². The van der Waals surface area contributed by atoms with Crippen molar-refractivity contribution in [3.05, 3.63) is 75.6 Å². The number of hydrogen-bond donors (Lipinski definition) is 2. The number of carboxylic acid groups (broad SMARTS) is 2. The zero-order valence-electron chi connectivity index (χ0n) is 14.3. The molecule has 1 atom stereocenters. The lowest BCUT2D eigenvalue weighted by Crippen LogP contribution is -2.18. The number of hydrogen-bond acceptors (Lipinski definition) is 5. The molecule has 0 saturated heterocycles. The molecule has 0 aliphatic heterocycles. The van der Waals surface area contributed by atoms with E-state index in [4.69, 9.17) is 14.3 Å². The maximum absolute atomic E-state index is 12.1. The highest BCUT2D eigenvalue weighted by Crippen LogP contribution is 2.28. The molecule has 27 heavy (non-hydrogen) atoms. The number of carboxylic acids is 2. The summed E-state index contributed by atoms with van der Waals surface area (Å²) >= 11 is 0. The van der Waals surface area contributed by atoms with Gasteiger partial charge < -0.3 is 19.4 Å². The van der Waals surface area contributed by atoms with Gasteiger partial charge in [-0.25, -0.2) is 9.59 Å². The van der Waals surface area contributed by atoms with Crippen LogP contribution in [0.2, 0.25) is 0 Å². The zero-order chi connectivity index (χ0) is 19.6. The number of ether oxygens (including phenoxy) is 1. The van der Waals surface area contributed by atoms with E-state index >= 15 is 0 Å². The van der Waals surface area contributed by atoms with E-state index in [0.29, 0.717) is 16.5 Å². The van der Waals surface area contributed by atoms with E-state index < -0.39 is 30.1 Å². The third kappa shape index (κ3) is 3.82. The standard InChI is InChI=1S/C20H16O7/c1-11-14-8-7-13(9-16(14)27-20(25)15(11)10-17(21)22)26-18(19(23)24)12-5-3-2-4-6-12/h2-9,18H,10H2,1H3,(H,21,22)(H,23,24)/t18-/m0/s1. The van der Waals surface area contributed by atoms with Crippen LogP contribution in [-0.2, 0) is 16.0 Å². The predicted molar refractivity (Wildman–Crippen MR) is 96.0 cm³/mol. The van der Waals surface area contributed by atoms with Crippen molar-refractivity contribution in [1.29, 1.82) is 0 Å². The number of carbonyl (C=O) groups is 2. The third-order valence-corrected chi connectivity index (χ3v) is 4.17. The summed E-state index contributed by atoms with van der Waals surface area (Å²) in [5.74, 6) is -2.07. The quantitative estimate of drug-likeness (QED) is 0.643. The van der Waals surface area contributed by atoms with Crippen molar-refractivity contribution in [3.8, 4) is 5.75 Å². The summed E-state index contributed by atoms with van der Waals surface area (Å²) in [7, 11) is 0. The summed E-state index contributed by atoms with van der Waals surface area (Å²) in [6.45, 7) is 1.64. The normalized spacial score (nSPS) is 11.9. The Morgan fingerprint density at radius 1 is 1.11 bits per heavy atom. The second-order valence-corrected chi connectivity index (χ2v) is 5.97. The summed E-state index contributed by atoms with van der Waals surface area (Å²) in [6.07, 6.45) is -1.65. The minimum absolute atomic E-state index is 0.0800. The number of aliphatic carboxylic acids is 2. The van der Waals surface area contributed by atoms with E-state index in [2.05, 4.69) is 0 Å². The molecule has 7 heteroatoms. The van der Waals surface area contributed by atoms with Crippen LogP contribution in [0.1, 0.15) is 22.8 Å². The molecule has 0 unspecified atom stereocenters. The van der Waals surface area contributed by atoms with Gasteiger partial charge in [0, 0.05) is 17.0 Å². The first-order valence-corrected chi connectivity index (χ1v) is 8.09. The van der Waals surface area contributed by atoms with Crippen molar-refractivity contribution in [2.45, 2.75) is 19.4 Å². The summed E-state index contributed by atoms with van der Waals surface area (Å²) in [5.41, 5.74) is 0.516. The highest BCUT2D eigenvalue weighted by Gasteiger charge is 2.22. The molecule has 0 fully saturated rings. The highest BCUT2D eigenvalue weighted by molar-refractivity contribution is 5.84. The van der Waals surface area contributed by atoms with Crippen LogP contribution in [0.4, 0.5) is 0 Å². The Balaban J connectivity index is 2.00. The average molecular weight is 368 g/mol. The molecular formula is C20H16O7. The Morgan fingerprint density at radius 2 is 1.81 bits per heavy atom. The first kappa shape index (κ1) is 18.2. The monoisotopic (exact) mass is 368 g/mol. The van der Waals surface area contributed by atoms with Gasteiger partial charge in [0.05, 0.1) is 12.0 Å². The summed E-state index contributed by atoms with van der Waals surface area (Å²) in [6, 6.07) is 13.1. The smallest absolute Gasteiger partial charge is 0.349 e. The molecule has 3 aromatic rings. The Hall–Kier alpha value is -3.61. The van der Waals surface area contributed by atoms with Crippen LogP contribution in [0.3, 0.4) is 0 Å². The van der Waals surface area contributed by atoms with Gasteiger partial charge in [0.25, 0.3) is 0 Å². The first-order valence-electron chi connectivity index (χ1n) is 8.09. The summed E-state index contributed by atoms with van der Waals surface area (Å²) in [5, 5.41) is 19.0. The van der Waals surface area contributed by atoms with Crippen molar-refractivity contribution >= 4 is 22.9 Å². The maximum atomic E-state index is 12.1. The van der Waals surface area contributed by atoms with Crippen molar-refractivity contribution in [1.82, 2.24) is 0 Å². The van der Waals surface area contributed by atoms with Crippen molar-refractivity contribution < 1.29 is 29.0 Å². The van der Waals surface area contributed by atoms with Crippen LogP contribution in [0.15, 0.2) is 57.7 Å². The van der Waals surface area contributed by atoms with Crippen LogP contribution >= 0.6 is 0 Å². The SMILES string of the molecule is Cc1c(CC(=O)O)c(=O)oc2cc(O[C@H](C(=O)O)c3ccccc3)ccc12. The molecule has 1 aromatic heterocycles. The van der Waals surface area contributed by atoms with Crippen LogP contribution in [-0.4, -0.2) is 22.2 Å². The molecule has 0 radical (unpaired) electrons. The molecule has 7 nitrogen and oxygen atoms in total. The molecule has 0 aliphatic carbocycles. The van der Waals surface area contributed by atoms with E-state index in [1.54, 1.807) is 49.4 Å². The molecule has 2 N–H and O–H groups in total. The van der Waals surface area contributed by atoms with Crippen LogP contribution < -0.4 is 10.4 Å². The maximum Gasteiger partial charge on any atom is 0.349 e. The van der Waals surface area contributed by atoms with Crippen molar-refractivity contribution in [2.24, 2.45) is 0 Å².